The fourth-order valence-corrected chi connectivity index (χ4v) is 6.52. The molecule has 0 amide bonds. The van der Waals surface area contributed by atoms with Gasteiger partial charge in [0.2, 0.25) is 16.8 Å². The van der Waals surface area contributed by atoms with E-state index in [1.165, 1.54) is 29.4 Å². The van der Waals surface area contributed by atoms with Crippen LogP contribution in [0.25, 0.3) is 21.7 Å². The summed E-state index contributed by atoms with van der Waals surface area (Å²) in [6.45, 7) is 3.83. The number of hydrogen-bond donors (Lipinski definition) is 2. The van der Waals surface area contributed by atoms with Crippen molar-refractivity contribution in [3.63, 3.8) is 0 Å². The quantitative estimate of drug-likeness (QED) is 0.356. The van der Waals surface area contributed by atoms with Gasteiger partial charge in [-0.15, -0.1) is 11.3 Å². The maximum Gasteiger partial charge on any atom is 0.231 e. The Morgan fingerprint density at radius 2 is 2.03 bits per heavy atom. The Bertz CT molecular complexity index is 1450. The van der Waals surface area contributed by atoms with E-state index >= 15 is 0 Å². The second-order valence-corrected chi connectivity index (χ2v) is 11.5. The molecule has 4 heterocycles. The zero-order valence-corrected chi connectivity index (χ0v) is 20.7. The molecule has 5 rings (SSSR count). The molecule has 0 saturated heterocycles. The number of nitrogens with two attached hydrogens (primary N) is 1. The topological polar surface area (TPSA) is 147 Å². The second kappa shape index (κ2) is 9.02. The lowest BCUT2D eigenvalue weighted by molar-refractivity contribution is 0.174. The molecule has 14 heteroatoms. The molecule has 178 valence electrons. The Labute approximate surface area is 203 Å². The number of thiazole rings is 1. The van der Waals surface area contributed by atoms with Gasteiger partial charge >= 0.3 is 0 Å². The number of aryl methyl sites for hydroxylation is 1. The fourth-order valence-electron chi connectivity index (χ4n) is 3.47. The Hall–Kier alpha value is -2.94. The summed E-state index contributed by atoms with van der Waals surface area (Å²) in [6.07, 6.45) is 3.07. The molecule has 0 spiro atoms. The summed E-state index contributed by atoms with van der Waals surface area (Å²) >= 11 is 2.85. The number of aromatic nitrogens is 5. The van der Waals surface area contributed by atoms with Crippen LogP contribution in [0.4, 0.5) is 5.82 Å². The predicted molar refractivity (Wildman–Crippen MR) is 130 cm³/mol. The van der Waals surface area contributed by atoms with Gasteiger partial charge in [0.05, 0.1) is 5.75 Å². The van der Waals surface area contributed by atoms with Gasteiger partial charge in [-0.25, -0.2) is 33.1 Å². The number of fused-ring (bicyclic) bond motifs is 2. The first-order valence-electron chi connectivity index (χ1n) is 10.3. The average Bonchev–Trinajstić information content (AvgIpc) is 3.51. The van der Waals surface area contributed by atoms with Crippen molar-refractivity contribution in [3.8, 4) is 22.1 Å². The van der Waals surface area contributed by atoms with Crippen molar-refractivity contribution < 1.29 is 17.9 Å². The molecule has 0 atom stereocenters. The summed E-state index contributed by atoms with van der Waals surface area (Å²) in [5, 5.41) is 3.23. The number of nitrogens with one attached hydrogen (secondary N) is 1. The lowest BCUT2D eigenvalue weighted by Gasteiger charge is -2.13. The smallest absolute Gasteiger partial charge is 0.231 e. The van der Waals surface area contributed by atoms with Crippen molar-refractivity contribution >= 4 is 50.1 Å². The van der Waals surface area contributed by atoms with Crippen molar-refractivity contribution in [1.82, 2.24) is 29.2 Å². The third-order valence-electron chi connectivity index (χ3n) is 4.86. The van der Waals surface area contributed by atoms with Gasteiger partial charge in [0.1, 0.15) is 11.3 Å². The van der Waals surface area contributed by atoms with Gasteiger partial charge in [-0.3, -0.25) is 0 Å². The molecule has 4 aromatic rings. The molecule has 0 fully saturated rings. The first-order valence-corrected chi connectivity index (χ1v) is 13.6. The summed E-state index contributed by atoms with van der Waals surface area (Å²) in [6, 6.07) is 3.56. The van der Waals surface area contributed by atoms with Crippen molar-refractivity contribution in [2.45, 2.75) is 36.5 Å². The monoisotopic (exact) mass is 519 g/mol. The maximum atomic E-state index is 12.5. The summed E-state index contributed by atoms with van der Waals surface area (Å²) in [4.78, 5) is 18.3. The third-order valence-corrected chi connectivity index (χ3v) is 8.27. The summed E-state index contributed by atoms with van der Waals surface area (Å²) in [5.41, 5.74) is 7.78. The molecule has 1 aromatic carbocycles. The molecular weight excluding hydrogens is 498 g/mol. The number of ether oxygens (including phenoxy) is 2. The number of anilines is 1. The number of sulfonamides is 1. The van der Waals surface area contributed by atoms with Crippen LogP contribution in [-0.4, -0.2) is 51.5 Å². The van der Waals surface area contributed by atoms with E-state index in [0.29, 0.717) is 27.8 Å². The number of nitrogens with zero attached hydrogens (tertiary/aromatic N) is 5. The van der Waals surface area contributed by atoms with Gasteiger partial charge in [-0.05, 0) is 26.0 Å². The molecule has 0 radical (unpaired) electrons. The molecule has 0 aliphatic carbocycles. The van der Waals surface area contributed by atoms with Gasteiger partial charge in [0.25, 0.3) is 0 Å². The SMILES string of the molecule is CC(C)NS(=O)(=O)CCn1c(Sc2cc3c(cc2-c2nccs2)OCO3)nc2c(N)ncnc21. The van der Waals surface area contributed by atoms with Gasteiger partial charge in [0.15, 0.2) is 33.6 Å². The summed E-state index contributed by atoms with van der Waals surface area (Å²) in [7, 11) is -3.50. The largest absolute Gasteiger partial charge is 0.454 e. The van der Waals surface area contributed by atoms with Gasteiger partial charge in [-0.2, -0.15) is 0 Å². The summed E-state index contributed by atoms with van der Waals surface area (Å²) < 4.78 is 40.5. The maximum absolute atomic E-state index is 12.5. The van der Waals surface area contributed by atoms with Crippen molar-refractivity contribution in [2.24, 2.45) is 0 Å². The van der Waals surface area contributed by atoms with Crippen LogP contribution in [0.1, 0.15) is 13.8 Å². The molecular formula is C20H21N7O4S3. The van der Waals surface area contributed by atoms with Crippen LogP contribution in [0.3, 0.4) is 0 Å². The molecule has 0 unspecified atom stereocenters. The fraction of sp³-hybridized carbons (Fsp3) is 0.300. The Kier molecular flexibility index (Phi) is 6.06. The van der Waals surface area contributed by atoms with Gasteiger partial charge < -0.3 is 19.8 Å². The molecule has 11 nitrogen and oxygen atoms in total. The highest BCUT2D eigenvalue weighted by molar-refractivity contribution is 7.99. The highest BCUT2D eigenvalue weighted by Gasteiger charge is 2.24. The van der Waals surface area contributed by atoms with Crippen LogP contribution in [0, 0.1) is 0 Å². The molecule has 3 N–H and O–H groups in total. The minimum atomic E-state index is -3.50. The minimum Gasteiger partial charge on any atom is -0.454 e. The zero-order valence-electron chi connectivity index (χ0n) is 18.3. The van der Waals surface area contributed by atoms with E-state index in [-0.39, 0.29) is 31.0 Å². The predicted octanol–water partition coefficient (Wildman–Crippen LogP) is 2.74. The van der Waals surface area contributed by atoms with Crippen LogP contribution in [-0.2, 0) is 16.6 Å². The average molecular weight is 520 g/mol. The molecule has 1 aliphatic rings. The normalized spacial score (nSPS) is 13.3. The first kappa shape index (κ1) is 22.8. The van der Waals surface area contributed by atoms with E-state index in [4.69, 9.17) is 15.2 Å². The number of benzene rings is 1. The molecule has 34 heavy (non-hydrogen) atoms. The van der Waals surface area contributed by atoms with E-state index in [0.717, 1.165) is 15.5 Å². The Morgan fingerprint density at radius 1 is 1.24 bits per heavy atom. The lowest BCUT2D eigenvalue weighted by atomic mass is 10.2. The van der Waals surface area contributed by atoms with E-state index in [1.807, 2.05) is 17.5 Å². The zero-order chi connectivity index (χ0) is 23.9. The van der Waals surface area contributed by atoms with Crippen LogP contribution in [0.5, 0.6) is 11.5 Å². The van der Waals surface area contributed by atoms with E-state index in [9.17, 15) is 8.42 Å². The van der Waals surface area contributed by atoms with Crippen molar-refractivity contribution in [3.05, 3.63) is 30.0 Å². The number of hydrogen-bond acceptors (Lipinski definition) is 11. The third kappa shape index (κ3) is 4.53. The number of imidazole rings is 1. The minimum absolute atomic E-state index is 0.133. The van der Waals surface area contributed by atoms with Crippen LogP contribution in [0.15, 0.2) is 40.1 Å². The van der Waals surface area contributed by atoms with E-state index in [1.54, 1.807) is 24.6 Å². The van der Waals surface area contributed by atoms with E-state index in [2.05, 4.69) is 24.7 Å². The number of rotatable bonds is 8. The molecule has 1 aliphatic heterocycles. The Morgan fingerprint density at radius 3 is 2.76 bits per heavy atom. The summed E-state index contributed by atoms with van der Waals surface area (Å²) in [5.74, 6) is 1.34. The second-order valence-electron chi connectivity index (χ2n) is 7.71. The molecule has 0 saturated carbocycles. The highest BCUT2D eigenvalue weighted by Crippen LogP contribution is 2.45. The number of nitrogen functional groups attached to an aromatic ring is 1. The van der Waals surface area contributed by atoms with Crippen LogP contribution in [0.2, 0.25) is 0 Å². The van der Waals surface area contributed by atoms with Gasteiger partial charge in [0, 0.05) is 34.6 Å². The lowest BCUT2D eigenvalue weighted by Crippen LogP contribution is -2.33. The van der Waals surface area contributed by atoms with Gasteiger partial charge in [-0.1, -0.05) is 11.8 Å². The standard InChI is InChI=1S/C20H21N7O4S3/c1-11(2)26-34(28,29)6-4-27-18-16(17(21)23-9-24-18)25-20(27)33-15-8-14-13(30-10-31-14)7-12(15)19-22-3-5-32-19/h3,5,7-9,11,26H,4,6,10H2,1-2H3,(H2,21,23,24). The van der Waals surface area contributed by atoms with Crippen LogP contribution < -0.4 is 19.9 Å². The van der Waals surface area contributed by atoms with Crippen molar-refractivity contribution in [2.75, 3.05) is 18.3 Å². The molecule has 0 bridgehead atoms. The van der Waals surface area contributed by atoms with E-state index < -0.39 is 10.0 Å². The van der Waals surface area contributed by atoms with Crippen molar-refractivity contribution in [1.29, 1.82) is 0 Å². The van der Waals surface area contributed by atoms with Crippen LogP contribution >= 0.6 is 23.1 Å². The molecule has 3 aromatic heterocycles. The Balaban J connectivity index is 1.57. The first-order chi connectivity index (χ1) is 16.3. The highest BCUT2D eigenvalue weighted by atomic mass is 32.2.